The van der Waals surface area contributed by atoms with Crippen LogP contribution in [0.2, 0.25) is 0 Å². The molecule has 1 aliphatic rings. The molecular weight excluding hydrogens is 372 g/mol. The van der Waals surface area contributed by atoms with Crippen LogP contribution in [0.3, 0.4) is 0 Å². The van der Waals surface area contributed by atoms with Gasteiger partial charge in [0.1, 0.15) is 0 Å². The molecule has 142 valence electrons. The van der Waals surface area contributed by atoms with Gasteiger partial charge in [0.2, 0.25) is 5.91 Å². The Hall–Kier alpha value is -3.19. The van der Waals surface area contributed by atoms with Gasteiger partial charge in [0, 0.05) is 36.1 Å². The van der Waals surface area contributed by atoms with Crippen molar-refractivity contribution < 1.29 is 9.59 Å². The van der Waals surface area contributed by atoms with Crippen LogP contribution >= 0.6 is 11.3 Å². The van der Waals surface area contributed by atoms with E-state index in [4.69, 9.17) is 0 Å². The number of thiazole rings is 1. The average Bonchev–Trinajstić information content (AvgIpc) is 3.36. The second kappa shape index (κ2) is 8.22. The van der Waals surface area contributed by atoms with Gasteiger partial charge in [-0.15, -0.1) is 11.3 Å². The van der Waals surface area contributed by atoms with E-state index < -0.39 is 0 Å². The van der Waals surface area contributed by atoms with E-state index in [0.29, 0.717) is 18.1 Å². The fraction of sp³-hybridized carbons (Fsp3) is 0.190. The number of nitrogens with one attached hydrogen (secondary N) is 2. The van der Waals surface area contributed by atoms with Crippen LogP contribution in [0.25, 0.3) is 11.3 Å². The number of nitrogens with zero attached hydrogens (tertiary/aromatic N) is 2. The second-order valence-corrected chi connectivity index (χ2v) is 7.39. The lowest BCUT2D eigenvalue weighted by molar-refractivity contribution is -0.117. The summed E-state index contributed by atoms with van der Waals surface area (Å²) in [6.45, 7) is 1.13. The third kappa shape index (κ3) is 4.20. The quantitative estimate of drug-likeness (QED) is 0.681. The Labute approximate surface area is 167 Å². The van der Waals surface area contributed by atoms with Gasteiger partial charge in [0.05, 0.1) is 5.69 Å². The van der Waals surface area contributed by atoms with E-state index in [-0.39, 0.29) is 11.9 Å². The van der Waals surface area contributed by atoms with E-state index in [1.807, 2.05) is 60.0 Å². The van der Waals surface area contributed by atoms with Crippen LogP contribution in [0, 0.1) is 0 Å². The molecule has 1 aromatic heterocycles. The lowest BCUT2D eigenvalue weighted by Crippen LogP contribution is -2.28. The molecule has 3 amide bonds. The molecule has 3 aromatic rings. The van der Waals surface area contributed by atoms with E-state index in [1.165, 1.54) is 11.3 Å². The maximum absolute atomic E-state index is 12.2. The summed E-state index contributed by atoms with van der Waals surface area (Å²) in [5.41, 5.74) is 3.68. The van der Waals surface area contributed by atoms with Gasteiger partial charge in [-0.3, -0.25) is 10.1 Å². The Morgan fingerprint density at radius 3 is 2.79 bits per heavy atom. The summed E-state index contributed by atoms with van der Waals surface area (Å²) in [5, 5.41) is 8.08. The first-order chi connectivity index (χ1) is 13.7. The van der Waals surface area contributed by atoms with Crippen LogP contribution < -0.4 is 15.5 Å². The van der Waals surface area contributed by atoms with E-state index in [0.717, 1.165) is 35.5 Å². The highest BCUT2D eigenvalue weighted by molar-refractivity contribution is 7.14. The highest BCUT2D eigenvalue weighted by Crippen LogP contribution is 2.25. The first kappa shape index (κ1) is 18.2. The first-order valence-corrected chi connectivity index (χ1v) is 10.0. The van der Waals surface area contributed by atoms with Gasteiger partial charge >= 0.3 is 6.03 Å². The maximum Gasteiger partial charge on any atom is 0.321 e. The summed E-state index contributed by atoms with van der Waals surface area (Å²) in [7, 11) is 0. The number of benzene rings is 2. The summed E-state index contributed by atoms with van der Waals surface area (Å²) >= 11 is 1.39. The molecule has 0 atom stereocenters. The summed E-state index contributed by atoms with van der Waals surface area (Å²) in [6, 6.07) is 17.2. The molecule has 0 unspecified atom stereocenters. The third-order valence-electron chi connectivity index (χ3n) is 4.54. The zero-order chi connectivity index (χ0) is 19.3. The van der Waals surface area contributed by atoms with Crippen LogP contribution in [0.15, 0.2) is 60.0 Å². The number of rotatable bonds is 5. The van der Waals surface area contributed by atoms with Gasteiger partial charge in [0.25, 0.3) is 0 Å². The molecule has 0 bridgehead atoms. The molecule has 28 heavy (non-hydrogen) atoms. The van der Waals surface area contributed by atoms with E-state index in [9.17, 15) is 9.59 Å². The van der Waals surface area contributed by atoms with Crippen molar-refractivity contribution in [3.8, 4) is 11.3 Å². The summed E-state index contributed by atoms with van der Waals surface area (Å²) in [5.74, 6) is 0.154. The standard InChI is InChI=1S/C21H20N4O2S/c26-19-10-5-11-25(19)17-9-4-6-15(12-17)13-22-20(27)24-21-23-18(14-28-21)16-7-2-1-3-8-16/h1-4,6-9,12,14H,5,10-11,13H2,(H2,22,23,24,27). The van der Waals surface area contributed by atoms with Crippen molar-refractivity contribution in [2.24, 2.45) is 0 Å². The number of hydrogen-bond acceptors (Lipinski definition) is 4. The minimum atomic E-state index is -0.309. The monoisotopic (exact) mass is 392 g/mol. The molecule has 0 radical (unpaired) electrons. The molecule has 0 aliphatic carbocycles. The molecule has 2 heterocycles. The summed E-state index contributed by atoms with van der Waals surface area (Å²) in [4.78, 5) is 30.4. The van der Waals surface area contributed by atoms with Gasteiger partial charge in [-0.2, -0.15) is 0 Å². The average molecular weight is 392 g/mol. The molecule has 6 nitrogen and oxygen atoms in total. The number of carbonyl (C=O) groups is 2. The maximum atomic E-state index is 12.2. The molecule has 4 rings (SSSR count). The molecule has 1 saturated heterocycles. The van der Waals surface area contributed by atoms with Crippen LogP contribution in [0.1, 0.15) is 18.4 Å². The third-order valence-corrected chi connectivity index (χ3v) is 5.30. The Morgan fingerprint density at radius 1 is 1.14 bits per heavy atom. The van der Waals surface area contributed by atoms with Crippen molar-refractivity contribution in [2.45, 2.75) is 19.4 Å². The Kier molecular flexibility index (Phi) is 5.34. The van der Waals surface area contributed by atoms with Crippen molar-refractivity contribution in [2.75, 3.05) is 16.8 Å². The van der Waals surface area contributed by atoms with Crippen LogP contribution in [-0.2, 0) is 11.3 Å². The first-order valence-electron chi connectivity index (χ1n) is 9.14. The van der Waals surface area contributed by atoms with Gasteiger partial charge < -0.3 is 10.2 Å². The molecule has 1 fully saturated rings. The predicted octanol–water partition coefficient (Wildman–Crippen LogP) is 4.26. The van der Waals surface area contributed by atoms with Crippen molar-refractivity contribution in [1.29, 1.82) is 0 Å². The molecule has 7 heteroatoms. The number of carbonyl (C=O) groups excluding carboxylic acids is 2. The highest BCUT2D eigenvalue weighted by atomic mass is 32.1. The van der Waals surface area contributed by atoms with Crippen LogP contribution in [0.4, 0.5) is 15.6 Å². The molecule has 0 saturated carbocycles. The minimum Gasteiger partial charge on any atom is -0.334 e. The largest absolute Gasteiger partial charge is 0.334 e. The van der Waals surface area contributed by atoms with Gasteiger partial charge in [-0.05, 0) is 24.1 Å². The lowest BCUT2D eigenvalue weighted by atomic mass is 10.2. The predicted molar refractivity (Wildman–Crippen MR) is 111 cm³/mol. The lowest BCUT2D eigenvalue weighted by Gasteiger charge is -2.16. The van der Waals surface area contributed by atoms with E-state index >= 15 is 0 Å². The number of hydrogen-bond donors (Lipinski definition) is 2. The topological polar surface area (TPSA) is 74.3 Å². The molecule has 1 aliphatic heterocycles. The fourth-order valence-corrected chi connectivity index (χ4v) is 3.87. The van der Waals surface area contributed by atoms with Crippen molar-refractivity contribution >= 4 is 34.1 Å². The van der Waals surface area contributed by atoms with E-state index in [1.54, 1.807) is 4.90 Å². The van der Waals surface area contributed by atoms with Crippen molar-refractivity contribution in [1.82, 2.24) is 10.3 Å². The Balaban J connectivity index is 1.34. The fourth-order valence-electron chi connectivity index (χ4n) is 3.15. The van der Waals surface area contributed by atoms with Crippen LogP contribution in [0.5, 0.6) is 0 Å². The number of aromatic nitrogens is 1. The van der Waals surface area contributed by atoms with Gasteiger partial charge in [-0.25, -0.2) is 9.78 Å². The van der Waals surface area contributed by atoms with Gasteiger partial charge in [0.15, 0.2) is 5.13 Å². The van der Waals surface area contributed by atoms with Gasteiger partial charge in [-0.1, -0.05) is 42.5 Å². The molecule has 2 aromatic carbocycles. The molecular formula is C21H20N4O2S. The zero-order valence-electron chi connectivity index (χ0n) is 15.2. The van der Waals surface area contributed by atoms with Crippen molar-refractivity contribution in [3.63, 3.8) is 0 Å². The highest BCUT2D eigenvalue weighted by Gasteiger charge is 2.21. The Morgan fingerprint density at radius 2 is 2.00 bits per heavy atom. The Bertz CT molecular complexity index is 987. The minimum absolute atomic E-state index is 0.154. The zero-order valence-corrected chi connectivity index (χ0v) is 16.0. The molecule has 2 N–H and O–H groups in total. The normalized spacial score (nSPS) is 13.6. The van der Waals surface area contributed by atoms with E-state index in [2.05, 4.69) is 15.6 Å². The number of urea groups is 1. The second-order valence-electron chi connectivity index (χ2n) is 6.53. The SMILES string of the molecule is O=C(NCc1cccc(N2CCCC2=O)c1)Nc1nc(-c2ccccc2)cs1. The smallest absolute Gasteiger partial charge is 0.321 e. The van der Waals surface area contributed by atoms with Crippen molar-refractivity contribution in [3.05, 3.63) is 65.5 Å². The summed E-state index contributed by atoms with van der Waals surface area (Å²) < 4.78 is 0. The van der Waals surface area contributed by atoms with Crippen LogP contribution in [-0.4, -0.2) is 23.5 Å². The number of amides is 3. The molecule has 0 spiro atoms. The number of anilines is 2. The summed E-state index contributed by atoms with van der Waals surface area (Å²) in [6.07, 6.45) is 1.49.